The van der Waals surface area contributed by atoms with Gasteiger partial charge in [0.15, 0.2) is 0 Å². The molecule has 1 amide bonds. The highest BCUT2D eigenvalue weighted by Gasteiger charge is 2.25. The second-order valence-corrected chi connectivity index (χ2v) is 5.57. The van der Waals surface area contributed by atoms with Gasteiger partial charge in [0.2, 0.25) is 0 Å². The van der Waals surface area contributed by atoms with Gasteiger partial charge in [-0.2, -0.15) is 0 Å². The van der Waals surface area contributed by atoms with Crippen molar-refractivity contribution in [2.45, 2.75) is 25.9 Å². The molecule has 1 aromatic rings. The first kappa shape index (κ1) is 15.7. The Kier molecular flexibility index (Phi) is 5.08. The van der Waals surface area contributed by atoms with Crippen LogP contribution in [0.15, 0.2) is 22.7 Å². The zero-order valence-electron chi connectivity index (χ0n) is 10.7. The third kappa shape index (κ3) is 5.00. The highest BCUT2D eigenvalue weighted by atomic mass is 79.9. The number of nitrogens with one attached hydrogen (secondary N) is 1. The minimum Gasteiger partial charge on any atom is -0.481 e. The third-order valence-electron chi connectivity index (χ3n) is 2.60. The van der Waals surface area contributed by atoms with Crippen molar-refractivity contribution in [3.63, 3.8) is 0 Å². The molecule has 0 saturated carbocycles. The van der Waals surface area contributed by atoms with Crippen LogP contribution in [0, 0.1) is 6.92 Å². The van der Waals surface area contributed by atoms with E-state index >= 15 is 0 Å². The van der Waals surface area contributed by atoms with Crippen LogP contribution >= 0.6 is 15.9 Å². The fourth-order valence-electron chi connectivity index (χ4n) is 1.50. The van der Waals surface area contributed by atoms with Crippen molar-refractivity contribution in [2.24, 2.45) is 0 Å². The van der Waals surface area contributed by atoms with Crippen molar-refractivity contribution >= 4 is 27.8 Å². The Labute approximate surface area is 119 Å². The van der Waals surface area contributed by atoms with Crippen molar-refractivity contribution in [1.29, 1.82) is 0 Å². The molecule has 0 aromatic heterocycles. The van der Waals surface area contributed by atoms with E-state index in [4.69, 9.17) is 5.11 Å². The largest absolute Gasteiger partial charge is 0.481 e. The van der Waals surface area contributed by atoms with Gasteiger partial charge in [-0.15, -0.1) is 0 Å². The molecule has 19 heavy (non-hydrogen) atoms. The Morgan fingerprint density at radius 1 is 1.42 bits per heavy atom. The van der Waals surface area contributed by atoms with Crippen LogP contribution in [-0.4, -0.2) is 34.2 Å². The number of aliphatic carboxylic acids is 1. The van der Waals surface area contributed by atoms with Crippen LogP contribution in [-0.2, 0) is 4.79 Å². The van der Waals surface area contributed by atoms with Crippen molar-refractivity contribution in [2.75, 3.05) is 6.54 Å². The summed E-state index contributed by atoms with van der Waals surface area (Å²) in [6, 6.07) is 5.15. The maximum Gasteiger partial charge on any atom is 0.306 e. The number of hydrogen-bond donors (Lipinski definition) is 3. The highest BCUT2D eigenvalue weighted by Crippen LogP contribution is 2.17. The maximum absolute atomic E-state index is 11.9. The highest BCUT2D eigenvalue weighted by molar-refractivity contribution is 9.10. The molecular weight excluding hydrogens is 314 g/mol. The summed E-state index contributed by atoms with van der Waals surface area (Å²) in [6.45, 7) is 3.15. The first-order valence-electron chi connectivity index (χ1n) is 5.70. The number of rotatable bonds is 5. The zero-order valence-corrected chi connectivity index (χ0v) is 12.3. The topological polar surface area (TPSA) is 86.6 Å². The van der Waals surface area contributed by atoms with Crippen LogP contribution in [0.1, 0.15) is 29.3 Å². The molecule has 0 radical (unpaired) electrons. The summed E-state index contributed by atoms with van der Waals surface area (Å²) in [4.78, 5) is 22.4. The number of benzene rings is 1. The average Bonchev–Trinajstić information content (AvgIpc) is 2.28. The van der Waals surface area contributed by atoms with E-state index in [1.165, 1.54) is 6.92 Å². The Morgan fingerprint density at radius 2 is 2.05 bits per heavy atom. The van der Waals surface area contributed by atoms with E-state index in [0.717, 1.165) is 10.0 Å². The quantitative estimate of drug-likeness (QED) is 0.767. The number of aryl methyl sites for hydroxylation is 1. The zero-order chi connectivity index (χ0) is 14.6. The molecule has 5 nitrogen and oxygen atoms in total. The van der Waals surface area contributed by atoms with Gasteiger partial charge in [0.05, 0.1) is 12.0 Å². The molecule has 0 saturated heterocycles. The molecule has 1 rings (SSSR count). The summed E-state index contributed by atoms with van der Waals surface area (Å²) in [6.07, 6.45) is -0.426. The minimum absolute atomic E-state index is 0.121. The van der Waals surface area contributed by atoms with Crippen LogP contribution in [0.2, 0.25) is 0 Å². The normalized spacial score (nSPS) is 13.7. The first-order chi connectivity index (χ1) is 8.71. The lowest BCUT2D eigenvalue weighted by atomic mass is 10.0. The molecule has 104 valence electrons. The number of halogens is 1. The van der Waals surface area contributed by atoms with Crippen LogP contribution in [0.5, 0.6) is 0 Å². The van der Waals surface area contributed by atoms with Crippen LogP contribution in [0.4, 0.5) is 0 Å². The maximum atomic E-state index is 11.9. The summed E-state index contributed by atoms with van der Waals surface area (Å²) >= 11 is 3.33. The molecule has 1 unspecified atom stereocenters. The lowest BCUT2D eigenvalue weighted by Crippen LogP contribution is -2.42. The molecule has 1 atom stereocenters. The standard InChI is InChI=1S/C13H16BrNO4/c1-8-3-4-9(5-10(8)14)12(18)15-7-13(2,19)6-11(16)17/h3-5,19H,6-7H2,1-2H3,(H,15,18)(H,16,17). The van der Waals surface area contributed by atoms with E-state index in [0.29, 0.717) is 5.56 Å². The van der Waals surface area contributed by atoms with Gasteiger partial charge in [0, 0.05) is 16.6 Å². The van der Waals surface area contributed by atoms with Gasteiger partial charge in [-0.05, 0) is 31.5 Å². The van der Waals surface area contributed by atoms with Gasteiger partial charge < -0.3 is 15.5 Å². The second-order valence-electron chi connectivity index (χ2n) is 4.71. The van der Waals surface area contributed by atoms with E-state index in [2.05, 4.69) is 21.2 Å². The van der Waals surface area contributed by atoms with Gasteiger partial charge in [0.1, 0.15) is 0 Å². The van der Waals surface area contributed by atoms with E-state index in [9.17, 15) is 14.7 Å². The Balaban J connectivity index is 2.65. The number of amides is 1. The van der Waals surface area contributed by atoms with Gasteiger partial charge in [-0.3, -0.25) is 9.59 Å². The molecule has 0 fully saturated rings. The summed E-state index contributed by atoms with van der Waals surface area (Å²) in [5, 5.41) is 20.9. The molecule has 6 heteroatoms. The Bertz CT molecular complexity index is 499. The number of carboxylic acid groups (broad SMARTS) is 1. The van der Waals surface area contributed by atoms with E-state index in [1.807, 2.05) is 6.92 Å². The third-order valence-corrected chi connectivity index (χ3v) is 3.45. The predicted molar refractivity (Wildman–Crippen MR) is 74.1 cm³/mol. The number of carbonyl (C=O) groups is 2. The molecule has 0 heterocycles. The number of hydrogen-bond acceptors (Lipinski definition) is 3. The van der Waals surface area contributed by atoms with Crippen molar-refractivity contribution in [1.82, 2.24) is 5.32 Å². The fraction of sp³-hybridized carbons (Fsp3) is 0.385. The summed E-state index contributed by atoms with van der Waals surface area (Å²) in [5.74, 6) is -1.47. The molecule has 0 aliphatic heterocycles. The number of carboxylic acids is 1. The average molecular weight is 330 g/mol. The Hall–Kier alpha value is -1.40. The molecule has 0 spiro atoms. The molecule has 3 N–H and O–H groups in total. The van der Waals surface area contributed by atoms with E-state index < -0.39 is 18.0 Å². The molecule has 0 aliphatic rings. The summed E-state index contributed by atoms with van der Waals surface area (Å²) < 4.78 is 0.817. The smallest absolute Gasteiger partial charge is 0.306 e. The molecule has 0 aliphatic carbocycles. The monoisotopic (exact) mass is 329 g/mol. The SMILES string of the molecule is Cc1ccc(C(=O)NCC(C)(O)CC(=O)O)cc1Br. The van der Waals surface area contributed by atoms with Crippen molar-refractivity contribution in [3.05, 3.63) is 33.8 Å². The predicted octanol–water partition coefficient (Wildman–Crippen LogP) is 1.71. The number of aliphatic hydroxyl groups is 1. The van der Waals surface area contributed by atoms with Crippen LogP contribution in [0.25, 0.3) is 0 Å². The molecule has 0 bridgehead atoms. The minimum atomic E-state index is -1.47. The van der Waals surface area contributed by atoms with E-state index in [-0.39, 0.29) is 12.5 Å². The van der Waals surface area contributed by atoms with Crippen molar-refractivity contribution in [3.8, 4) is 0 Å². The van der Waals surface area contributed by atoms with Gasteiger partial charge in [-0.25, -0.2) is 0 Å². The van der Waals surface area contributed by atoms with Crippen molar-refractivity contribution < 1.29 is 19.8 Å². The van der Waals surface area contributed by atoms with Gasteiger partial charge in [-0.1, -0.05) is 22.0 Å². The second kappa shape index (κ2) is 6.16. The van der Waals surface area contributed by atoms with E-state index in [1.54, 1.807) is 18.2 Å². The Morgan fingerprint density at radius 3 is 2.58 bits per heavy atom. The summed E-state index contributed by atoms with van der Waals surface area (Å²) in [7, 11) is 0. The van der Waals surface area contributed by atoms with Crippen LogP contribution < -0.4 is 5.32 Å². The molecular formula is C13H16BrNO4. The summed E-state index contributed by atoms with van der Waals surface area (Å²) in [5.41, 5.74) is -0.0123. The van der Waals surface area contributed by atoms with Crippen LogP contribution in [0.3, 0.4) is 0 Å². The lowest BCUT2D eigenvalue weighted by molar-refractivity contribution is -0.141. The van der Waals surface area contributed by atoms with Gasteiger partial charge in [0.25, 0.3) is 5.91 Å². The van der Waals surface area contributed by atoms with Gasteiger partial charge >= 0.3 is 5.97 Å². The fourth-order valence-corrected chi connectivity index (χ4v) is 1.87. The molecule has 1 aromatic carbocycles. The number of carbonyl (C=O) groups excluding carboxylic acids is 1. The first-order valence-corrected chi connectivity index (χ1v) is 6.49. The lowest BCUT2D eigenvalue weighted by Gasteiger charge is -2.21.